The molecule has 0 aliphatic carbocycles. The number of ether oxygens (including phenoxy) is 2. The summed E-state index contributed by atoms with van der Waals surface area (Å²) >= 11 is 5.99. The summed E-state index contributed by atoms with van der Waals surface area (Å²) in [5, 5.41) is 0.533. The van der Waals surface area contributed by atoms with Gasteiger partial charge in [-0.3, -0.25) is 20.4 Å². The molecule has 2 aromatic carbocycles. The molecule has 0 spiro atoms. The van der Waals surface area contributed by atoms with E-state index >= 15 is 0 Å². The van der Waals surface area contributed by atoms with Crippen molar-refractivity contribution < 1.29 is 19.1 Å². The third kappa shape index (κ3) is 3.67. The minimum Gasteiger partial charge on any atom is -0.454 e. The van der Waals surface area contributed by atoms with Crippen molar-refractivity contribution in [2.45, 2.75) is 0 Å². The van der Waals surface area contributed by atoms with Gasteiger partial charge >= 0.3 is 0 Å². The van der Waals surface area contributed by atoms with Crippen molar-refractivity contribution in [1.82, 2.24) is 10.9 Å². The van der Waals surface area contributed by atoms with E-state index in [4.69, 9.17) is 21.1 Å². The van der Waals surface area contributed by atoms with Gasteiger partial charge in [0, 0.05) is 16.7 Å². The quantitative estimate of drug-likeness (QED) is 0.662. The molecule has 0 radical (unpaired) electrons. The molecule has 0 atom stereocenters. The van der Waals surface area contributed by atoms with Gasteiger partial charge in [-0.1, -0.05) is 29.8 Å². The van der Waals surface area contributed by atoms with E-state index in [1.165, 1.54) is 6.08 Å². The molecule has 7 heteroatoms. The van der Waals surface area contributed by atoms with Crippen LogP contribution in [-0.2, 0) is 4.79 Å². The largest absolute Gasteiger partial charge is 0.454 e. The van der Waals surface area contributed by atoms with Crippen molar-refractivity contribution in [3.63, 3.8) is 0 Å². The summed E-state index contributed by atoms with van der Waals surface area (Å²) in [7, 11) is 0. The van der Waals surface area contributed by atoms with Crippen LogP contribution in [0.5, 0.6) is 11.5 Å². The van der Waals surface area contributed by atoms with Gasteiger partial charge in [-0.05, 0) is 35.9 Å². The van der Waals surface area contributed by atoms with E-state index in [1.807, 2.05) is 6.07 Å². The molecule has 6 nitrogen and oxygen atoms in total. The van der Waals surface area contributed by atoms with E-state index in [2.05, 4.69) is 10.9 Å². The lowest BCUT2D eigenvalue weighted by molar-refractivity contribution is -0.117. The number of carbonyl (C=O) groups is 2. The number of benzene rings is 2. The highest BCUT2D eigenvalue weighted by Crippen LogP contribution is 2.32. The number of carbonyl (C=O) groups excluding carboxylic acids is 2. The molecule has 24 heavy (non-hydrogen) atoms. The molecule has 0 bridgehead atoms. The van der Waals surface area contributed by atoms with Gasteiger partial charge in [0.2, 0.25) is 6.79 Å². The van der Waals surface area contributed by atoms with Gasteiger partial charge in [-0.2, -0.15) is 0 Å². The van der Waals surface area contributed by atoms with Crippen molar-refractivity contribution >= 4 is 29.5 Å². The first-order valence-corrected chi connectivity index (χ1v) is 7.44. The van der Waals surface area contributed by atoms with E-state index in [0.717, 1.165) is 0 Å². The maximum atomic E-state index is 12.0. The summed E-state index contributed by atoms with van der Waals surface area (Å²) in [5.74, 6) is 0.127. The molecule has 0 fully saturated rings. The van der Waals surface area contributed by atoms with Crippen molar-refractivity contribution in [1.29, 1.82) is 0 Å². The summed E-state index contributed by atoms with van der Waals surface area (Å²) in [5.41, 5.74) is 5.67. The molecule has 0 saturated carbocycles. The van der Waals surface area contributed by atoms with Crippen molar-refractivity contribution in [3.8, 4) is 11.5 Å². The van der Waals surface area contributed by atoms with Crippen LogP contribution in [0.25, 0.3) is 6.08 Å². The Bertz CT molecular complexity index is 820. The average Bonchev–Trinajstić information content (AvgIpc) is 3.06. The zero-order chi connectivity index (χ0) is 16.9. The number of hydrogen-bond acceptors (Lipinski definition) is 4. The summed E-state index contributed by atoms with van der Waals surface area (Å²) in [6.45, 7) is 0.129. The number of halogens is 1. The van der Waals surface area contributed by atoms with Crippen molar-refractivity contribution in [2.24, 2.45) is 0 Å². The molecule has 0 saturated heterocycles. The lowest BCUT2D eigenvalue weighted by atomic mass is 10.2. The van der Waals surface area contributed by atoms with Crippen LogP contribution in [-0.4, -0.2) is 18.6 Å². The van der Waals surface area contributed by atoms with Crippen LogP contribution < -0.4 is 20.3 Å². The molecule has 1 heterocycles. The van der Waals surface area contributed by atoms with Crippen LogP contribution in [0.2, 0.25) is 5.02 Å². The zero-order valence-electron chi connectivity index (χ0n) is 12.4. The fourth-order valence-electron chi connectivity index (χ4n) is 2.05. The molecular formula is C17H13ClN2O4. The molecule has 1 aliphatic heterocycles. The predicted octanol–water partition coefficient (Wildman–Crippen LogP) is 2.54. The minimum atomic E-state index is -0.482. The first kappa shape index (κ1) is 15.9. The lowest BCUT2D eigenvalue weighted by Gasteiger charge is -2.06. The summed E-state index contributed by atoms with van der Waals surface area (Å²) in [4.78, 5) is 23.8. The predicted molar refractivity (Wildman–Crippen MR) is 88.7 cm³/mol. The van der Waals surface area contributed by atoms with Crippen LogP contribution in [0.3, 0.4) is 0 Å². The second kappa shape index (κ2) is 7.06. The molecular weight excluding hydrogens is 332 g/mol. The van der Waals surface area contributed by atoms with Gasteiger partial charge in [0.25, 0.3) is 11.8 Å². The normalized spacial score (nSPS) is 12.2. The van der Waals surface area contributed by atoms with Gasteiger partial charge in [-0.15, -0.1) is 0 Å². The number of hydrazine groups is 1. The Morgan fingerprint density at radius 3 is 2.67 bits per heavy atom. The molecule has 2 amide bonds. The third-order valence-electron chi connectivity index (χ3n) is 3.25. The highest BCUT2D eigenvalue weighted by atomic mass is 35.5. The van der Waals surface area contributed by atoms with Crippen LogP contribution >= 0.6 is 11.6 Å². The fourth-order valence-corrected chi connectivity index (χ4v) is 2.24. The van der Waals surface area contributed by atoms with E-state index in [9.17, 15) is 9.59 Å². The second-order valence-corrected chi connectivity index (χ2v) is 5.27. The Morgan fingerprint density at radius 1 is 1.04 bits per heavy atom. The molecule has 2 aromatic rings. The van der Waals surface area contributed by atoms with E-state index in [1.54, 1.807) is 42.5 Å². The maximum absolute atomic E-state index is 12.0. The van der Waals surface area contributed by atoms with Crippen molar-refractivity contribution in [3.05, 3.63) is 64.7 Å². The SMILES string of the molecule is O=C(/C=C/c1ccccc1Cl)NNC(=O)c1ccc2c(c1)OCO2. The first-order valence-electron chi connectivity index (χ1n) is 7.06. The molecule has 122 valence electrons. The Morgan fingerprint density at radius 2 is 1.83 bits per heavy atom. The Hall–Kier alpha value is -2.99. The highest BCUT2D eigenvalue weighted by Gasteiger charge is 2.16. The van der Waals surface area contributed by atoms with Crippen LogP contribution in [0, 0.1) is 0 Å². The van der Waals surface area contributed by atoms with E-state index in [-0.39, 0.29) is 6.79 Å². The summed E-state index contributed by atoms with van der Waals surface area (Å²) < 4.78 is 10.4. The van der Waals surface area contributed by atoms with E-state index < -0.39 is 11.8 Å². The van der Waals surface area contributed by atoms with Gasteiger partial charge in [0.15, 0.2) is 11.5 Å². The third-order valence-corrected chi connectivity index (χ3v) is 3.60. The number of fused-ring (bicyclic) bond motifs is 1. The Balaban J connectivity index is 1.56. The Labute approximate surface area is 143 Å². The van der Waals surface area contributed by atoms with Crippen LogP contribution in [0.15, 0.2) is 48.5 Å². The van der Waals surface area contributed by atoms with E-state index in [0.29, 0.717) is 27.6 Å². The smallest absolute Gasteiger partial charge is 0.269 e. The molecule has 0 unspecified atom stereocenters. The number of nitrogens with one attached hydrogen (secondary N) is 2. The topological polar surface area (TPSA) is 76.7 Å². The van der Waals surface area contributed by atoms with Gasteiger partial charge < -0.3 is 9.47 Å². The maximum Gasteiger partial charge on any atom is 0.269 e. The van der Waals surface area contributed by atoms with Crippen molar-refractivity contribution in [2.75, 3.05) is 6.79 Å². The standard InChI is InChI=1S/C17H13ClN2O4/c18-13-4-2-1-3-11(13)6-8-16(21)19-20-17(22)12-5-7-14-15(9-12)24-10-23-14/h1-9H,10H2,(H,19,21)(H,20,22)/b8-6+. The van der Waals surface area contributed by atoms with Gasteiger partial charge in [0.05, 0.1) is 0 Å². The summed E-state index contributed by atoms with van der Waals surface area (Å²) in [6, 6.07) is 11.9. The fraction of sp³-hybridized carbons (Fsp3) is 0.0588. The molecule has 2 N–H and O–H groups in total. The second-order valence-electron chi connectivity index (χ2n) is 4.87. The average molecular weight is 345 g/mol. The van der Waals surface area contributed by atoms with Crippen LogP contribution in [0.4, 0.5) is 0 Å². The monoisotopic (exact) mass is 344 g/mol. The zero-order valence-corrected chi connectivity index (χ0v) is 13.2. The minimum absolute atomic E-state index is 0.129. The molecule has 3 rings (SSSR count). The summed E-state index contributed by atoms with van der Waals surface area (Å²) in [6.07, 6.45) is 2.84. The number of amides is 2. The Kier molecular flexibility index (Phi) is 4.67. The molecule has 1 aliphatic rings. The number of rotatable bonds is 3. The number of hydrogen-bond donors (Lipinski definition) is 2. The molecule has 0 aromatic heterocycles. The first-order chi connectivity index (χ1) is 11.6. The van der Waals surface area contributed by atoms with Gasteiger partial charge in [-0.25, -0.2) is 0 Å². The van der Waals surface area contributed by atoms with Crippen LogP contribution in [0.1, 0.15) is 15.9 Å². The van der Waals surface area contributed by atoms with Gasteiger partial charge in [0.1, 0.15) is 0 Å². The lowest BCUT2D eigenvalue weighted by Crippen LogP contribution is -2.40. The highest BCUT2D eigenvalue weighted by molar-refractivity contribution is 6.32.